The number of nitrogens with zero attached hydrogens (tertiary/aromatic N) is 1. The molecule has 9 heteroatoms. The number of hydrogen-bond donors (Lipinski definition) is 2. The fourth-order valence-electron chi connectivity index (χ4n) is 3.43. The first-order valence-corrected chi connectivity index (χ1v) is 11.2. The average Bonchev–Trinajstić information content (AvgIpc) is 3.56. The summed E-state index contributed by atoms with van der Waals surface area (Å²) in [5.74, 6) is 0.501. The normalized spacial score (nSPS) is 19.6. The fraction of sp³-hybridized carbons (Fsp3) is 0.400. The van der Waals surface area contributed by atoms with E-state index in [1.54, 1.807) is 37.5 Å². The highest BCUT2D eigenvalue weighted by molar-refractivity contribution is 7.89. The lowest BCUT2D eigenvalue weighted by Gasteiger charge is -2.28. The second-order valence-corrected chi connectivity index (χ2v) is 9.35. The predicted octanol–water partition coefficient (Wildman–Crippen LogP) is 2.08. The molecule has 29 heavy (non-hydrogen) atoms. The van der Waals surface area contributed by atoms with Gasteiger partial charge in [-0.2, -0.15) is 0 Å². The van der Waals surface area contributed by atoms with E-state index >= 15 is 0 Å². The van der Waals surface area contributed by atoms with Gasteiger partial charge in [0.2, 0.25) is 10.0 Å². The van der Waals surface area contributed by atoms with E-state index in [2.05, 4.69) is 9.71 Å². The molecule has 8 nitrogen and oxygen atoms in total. The molecule has 1 saturated carbocycles. The zero-order valence-corrected chi connectivity index (χ0v) is 16.8. The van der Waals surface area contributed by atoms with Gasteiger partial charge in [-0.1, -0.05) is 6.07 Å². The van der Waals surface area contributed by atoms with Gasteiger partial charge in [-0.25, -0.2) is 13.1 Å². The summed E-state index contributed by atoms with van der Waals surface area (Å²) < 4.78 is 38.8. The molecule has 2 heterocycles. The number of benzene rings is 1. The van der Waals surface area contributed by atoms with Gasteiger partial charge in [0.25, 0.3) is 5.91 Å². The third kappa shape index (κ3) is 4.20. The van der Waals surface area contributed by atoms with Crippen molar-refractivity contribution in [3.63, 3.8) is 0 Å². The third-order valence-corrected chi connectivity index (χ3v) is 6.56. The molecule has 0 spiro atoms. The molecule has 2 aliphatic rings. The number of nitrogens with one attached hydrogen (secondary N) is 1. The molecule has 2 unspecified atom stereocenters. The molecule has 1 aliphatic carbocycles. The SMILES string of the molecule is CCS(=O)(=O)NC(c1cncc(C2COc3c(cccc3C(N)=O)O2)c1)C1CC1. The van der Waals surface area contributed by atoms with E-state index in [0.717, 1.165) is 24.0 Å². The Hall–Kier alpha value is -2.65. The van der Waals surface area contributed by atoms with E-state index in [1.807, 2.05) is 6.07 Å². The van der Waals surface area contributed by atoms with Gasteiger partial charge in [-0.05, 0) is 49.4 Å². The molecular weight excluding hydrogens is 394 g/mol. The van der Waals surface area contributed by atoms with Crippen LogP contribution >= 0.6 is 0 Å². The number of nitrogens with two attached hydrogens (primary N) is 1. The Balaban J connectivity index is 1.59. The minimum Gasteiger partial charge on any atom is -0.485 e. The Morgan fingerprint density at radius 3 is 2.83 bits per heavy atom. The van der Waals surface area contributed by atoms with E-state index in [9.17, 15) is 13.2 Å². The summed E-state index contributed by atoms with van der Waals surface area (Å²) in [6.45, 7) is 1.81. The molecular formula is C20H23N3O5S. The van der Waals surface area contributed by atoms with Crippen LogP contribution in [0.15, 0.2) is 36.7 Å². The summed E-state index contributed by atoms with van der Waals surface area (Å²) in [6, 6.07) is 6.60. The zero-order valence-electron chi connectivity index (χ0n) is 16.0. The second kappa shape index (κ2) is 7.64. The maximum absolute atomic E-state index is 12.1. The number of carbonyl (C=O) groups is 1. The van der Waals surface area contributed by atoms with Crippen LogP contribution in [0.1, 0.15) is 53.4 Å². The molecule has 0 saturated heterocycles. The first-order chi connectivity index (χ1) is 13.9. The van der Waals surface area contributed by atoms with Crippen LogP contribution in [-0.2, 0) is 10.0 Å². The first kappa shape index (κ1) is 19.7. The molecule has 1 aliphatic heterocycles. The van der Waals surface area contributed by atoms with Crippen LogP contribution in [0.3, 0.4) is 0 Å². The summed E-state index contributed by atoms with van der Waals surface area (Å²) in [6.07, 6.45) is 4.90. The predicted molar refractivity (Wildman–Crippen MR) is 106 cm³/mol. The van der Waals surface area contributed by atoms with Crippen molar-refractivity contribution in [3.05, 3.63) is 53.3 Å². The number of ether oxygens (including phenoxy) is 2. The topological polar surface area (TPSA) is 121 Å². The van der Waals surface area contributed by atoms with Crippen molar-refractivity contribution in [2.75, 3.05) is 12.4 Å². The van der Waals surface area contributed by atoms with Gasteiger partial charge in [-0.15, -0.1) is 0 Å². The Bertz CT molecular complexity index is 1040. The molecule has 1 fully saturated rings. The number of primary amides is 1. The molecule has 0 bridgehead atoms. The van der Waals surface area contributed by atoms with Crippen molar-refractivity contribution in [1.82, 2.24) is 9.71 Å². The largest absolute Gasteiger partial charge is 0.485 e. The first-order valence-electron chi connectivity index (χ1n) is 9.55. The second-order valence-electron chi connectivity index (χ2n) is 7.30. The number of amides is 1. The number of sulfonamides is 1. The highest BCUT2D eigenvalue weighted by atomic mass is 32.2. The number of aromatic nitrogens is 1. The summed E-state index contributed by atoms with van der Waals surface area (Å²) in [7, 11) is -3.34. The molecule has 0 radical (unpaired) electrons. The molecule has 3 N–H and O–H groups in total. The van der Waals surface area contributed by atoms with Crippen LogP contribution in [0.25, 0.3) is 0 Å². The van der Waals surface area contributed by atoms with Gasteiger partial charge in [0, 0.05) is 18.0 Å². The van der Waals surface area contributed by atoms with E-state index < -0.39 is 22.0 Å². The van der Waals surface area contributed by atoms with Gasteiger partial charge in [0.1, 0.15) is 6.61 Å². The maximum Gasteiger partial charge on any atom is 0.252 e. The quantitative estimate of drug-likeness (QED) is 0.712. The molecule has 2 aromatic rings. The van der Waals surface area contributed by atoms with Crippen molar-refractivity contribution in [1.29, 1.82) is 0 Å². The Labute approximate surface area is 169 Å². The van der Waals surface area contributed by atoms with Crippen LogP contribution in [0.5, 0.6) is 11.5 Å². The number of carbonyl (C=O) groups excluding carboxylic acids is 1. The lowest BCUT2D eigenvalue weighted by molar-refractivity contribution is 0.0861. The summed E-state index contributed by atoms with van der Waals surface area (Å²) in [5.41, 5.74) is 7.25. The van der Waals surface area contributed by atoms with E-state index in [1.165, 1.54) is 0 Å². The smallest absolute Gasteiger partial charge is 0.252 e. The van der Waals surface area contributed by atoms with Gasteiger partial charge in [-0.3, -0.25) is 9.78 Å². The Morgan fingerprint density at radius 2 is 2.14 bits per heavy atom. The number of pyridine rings is 1. The van der Waals surface area contributed by atoms with Crippen molar-refractivity contribution < 1.29 is 22.7 Å². The van der Waals surface area contributed by atoms with Crippen molar-refractivity contribution >= 4 is 15.9 Å². The molecule has 154 valence electrons. The van der Waals surface area contributed by atoms with Crippen LogP contribution < -0.4 is 19.9 Å². The van der Waals surface area contributed by atoms with Crippen LogP contribution in [0, 0.1) is 5.92 Å². The molecule has 1 aromatic carbocycles. The standard InChI is InChI=1S/C20H23N3O5S/c1-2-29(25,26)23-18(12-6-7-12)14-8-13(9-22-10-14)17-11-27-19-15(20(21)24)4-3-5-16(19)28-17/h3-5,8-10,12,17-18,23H,2,6-7,11H2,1H3,(H2,21,24). The van der Waals surface area contributed by atoms with Crippen molar-refractivity contribution in [3.8, 4) is 11.5 Å². The van der Waals surface area contributed by atoms with Crippen LogP contribution in [0.2, 0.25) is 0 Å². The van der Waals surface area contributed by atoms with Gasteiger partial charge in [0.05, 0.1) is 17.4 Å². The number of fused-ring (bicyclic) bond motifs is 1. The molecule has 1 aromatic heterocycles. The summed E-state index contributed by atoms with van der Waals surface area (Å²) in [5, 5.41) is 0. The minimum atomic E-state index is -3.34. The summed E-state index contributed by atoms with van der Waals surface area (Å²) in [4.78, 5) is 15.9. The number of hydrogen-bond acceptors (Lipinski definition) is 6. The van der Waals surface area contributed by atoms with Crippen LogP contribution in [0.4, 0.5) is 0 Å². The van der Waals surface area contributed by atoms with E-state index in [4.69, 9.17) is 15.2 Å². The zero-order chi connectivity index (χ0) is 20.6. The lowest BCUT2D eigenvalue weighted by atomic mass is 10.0. The van der Waals surface area contributed by atoms with E-state index in [-0.39, 0.29) is 29.9 Å². The van der Waals surface area contributed by atoms with Crippen molar-refractivity contribution in [2.45, 2.75) is 31.9 Å². The van der Waals surface area contributed by atoms with Crippen LogP contribution in [-0.4, -0.2) is 31.7 Å². The van der Waals surface area contributed by atoms with Gasteiger partial charge < -0.3 is 15.2 Å². The highest BCUT2D eigenvalue weighted by Crippen LogP contribution is 2.43. The lowest BCUT2D eigenvalue weighted by Crippen LogP contribution is -2.31. The highest BCUT2D eigenvalue weighted by Gasteiger charge is 2.35. The Kier molecular flexibility index (Phi) is 5.18. The van der Waals surface area contributed by atoms with Gasteiger partial charge >= 0.3 is 0 Å². The summed E-state index contributed by atoms with van der Waals surface area (Å²) >= 11 is 0. The maximum atomic E-state index is 12.1. The third-order valence-electron chi connectivity index (χ3n) is 5.18. The minimum absolute atomic E-state index is 0.0297. The monoisotopic (exact) mass is 417 g/mol. The average molecular weight is 417 g/mol. The molecule has 2 atom stereocenters. The number of para-hydroxylation sites is 1. The molecule has 4 rings (SSSR count). The van der Waals surface area contributed by atoms with Crippen molar-refractivity contribution in [2.24, 2.45) is 11.7 Å². The van der Waals surface area contributed by atoms with Gasteiger partial charge in [0.15, 0.2) is 17.6 Å². The number of rotatable bonds is 7. The van der Waals surface area contributed by atoms with E-state index in [0.29, 0.717) is 11.5 Å². The fourth-order valence-corrected chi connectivity index (χ4v) is 4.31. The Morgan fingerprint density at radius 1 is 1.34 bits per heavy atom. The molecule has 1 amide bonds.